The maximum Gasteiger partial charge on any atom is 0.244 e. The number of benzene rings is 1. The van der Waals surface area contributed by atoms with Gasteiger partial charge in [0.1, 0.15) is 6.07 Å². The Bertz CT molecular complexity index is 1060. The van der Waals surface area contributed by atoms with Gasteiger partial charge in [0.25, 0.3) is 0 Å². The molecule has 0 unspecified atom stereocenters. The average Bonchev–Trinajstić information content (AvgIpc) is 3.21. The molecule has 1 aromatic carbocycles. The molecule has 4 atom stereocenters. The fourth-order valence-corrected chi connectivity index (χ4v) is 7.11. The number of likely N-dealkylation sites (tertiary alicyclic amines) is 1. The number of rotatable bonds is 4. The van der Waals surface area contributed by atoms with Crippen molar-refractivity contribution in [3.63, 3.8) is 0 Å². The summed E-state index contributed by atoms with van der Waals surface area (Å²) in [4.78, 5) is 29.6. The molecule has 0 aromatic heterocycles. The summed E-state index contributed by atoms with van der Waals surface area (Å²) in [6, 6.07) is 8.32. The third-order valence-corrected chi connectivity index (χ3v) is 9.70. The maximum absolute atomic E-state index is 13.2. The summed E-state index contributed by atoms with van der Waals surface area (Å²) in [5, 5.41) is 9.27. The highest BCUT2D eigenvalue weighted by Gasteiger charge is 2.43. The van der Waals surface area contributed by atoms with Crippen molar-refractivity contribution in [3.05, 3.63) is 29.8 Å². The van der Waals surface area contributed by atoms with Crippen LogP contribution >= 0.6 is 0 Å². The normalized spacial score (nSPS) is 29.2. The fraction of sp³-hybridized carbons (Fsp3) is 0.625. The van der Waals surface area contributed by atoms with E-state index in [9.17, 15) is 23.3 Å². The van der Waals surface area contributed by atoms with E-state index in [0.717, 1.165) is 12.8 Å². The SMILES string of the molecule is C[C@@H]1[C@H](C)CCC[C@@H]1N1C[C@H](C(=O)N2CCN(S(=O)(=O)c3ccccc3C#N)CC2)CC1=O. The quantitative estimate of drug-likeness (QED) is 0.668. The molecular weight excluding hydrogens is 440 g/mol. The highest BCUT2D eigenvalue weighted by Crippen LogP contribution is 2.36. The lowest BCUT2D eigenvalue weighted by Crippen LogP contribution is -2.52. The van der Waals surface area contributed by atoms with Crippen LogP contribution in [0, 0.1) is 29.1 Å². The van der Waals surface area contributed by atoms with Crippen molar-refractivity contribution in [2.45, 2.75) is 50.5 Å². The maximum atomic E-state index is 13.2. The fourth-order valence-electron chi connectivity index (χ4n) is 5.54. The largest absolute Gasteiger partial charge is 0.340 e. The van der Waals surface area contributed by atoms with Crippen LogP contribution in [0.25, 0.3) is 0 Å². The van der Waals surface area contributed by atoms with Gasteiger partial charge < -0.3 is 9.80 Å². The summed E-state index contributed by atoms with van der Waals surface area (Å²) in [6.07, 6.45) is 3.54. The van der Waals surface area contributed by atoms with Crippen molar-refractivity contribution in [3.8, 4) is 6.07 Å². The van der Waals surface area contributed by atoms with Gasteiger partial charge in [-0.25, -0.2) is 8.42 Å². The van der Waals surface area contributed by atoms with Crippen molar-refractivity contribution in [2.24, 2.45) is 17.8 Å². The number of piperazine rings is 1. The Morgan fingerprint density at radius 1 is 1.09 bits per heavy atom. The zero-order valence-electron chi connectivity index (χ0n) is 19.3. The standard InChI is InChI=1S/C24H32N4O4S/c1-17-6-5-8-21(18(17)2)28-16-20(14-23(28)29)24(30)26-10-12-27(13-11-26)33(31,32)22-9-4-3-7-19(22)15-25/h3-4,7,9,17-18,20-21H,5-6,8,10-14,16H2,1-2H3/t17-,18-,20-,21+/m1/s1. The van der Waals surface area contributed by atoms with Crippen LogP contribution in [0.2, 0.25) is 0 Å². The van der Waals surface area contributed by atoms with Gasteiger partial charge in [0, 0.05) is 45.2 Å². The summed E-state index contributed by atoms with van der Waals surface area (Å²) in [6.45, 7) is 5.84. The molecule has 1 saturated carbocycles. The van der Waals surface area contributed by atoms with Crippen molar-refractivity contribution in [1.29, 1.82) is 5.26 Å². The molecule has 3 fully saturated rings. The van der Waals surface area contributed by atoms with E-state index >= 15 is 0 Å². The van der Waals surface area contributed by atoms with E-state index in [0.29, 0.717) is 18.4 Å². The molecule has 0 N–H and O–H groups in total. The van der Waals surface area contributed by atoms with Crippen molar-refractivity contribution in [2.75, 3.05) is 32.7 Å². The Balaban J connectivity index is 1.38. The van der Waals surface area contributed by atoms with Crippen LogP contribution in [0.15, 0.2) is 29.2 Å². The van der Waals surface area contributed by atoms with E-state index in [1.165, 1.54) is 22.9 Å². The second kappa shape index (κ2) is 9.43. The summed E-state index contributed by atoms with van der Waals surface area (Å²) in [7, 11) is -3.81. The number of amides is 2. The minimum absolute atomic E-state index is 0.000128. The molecule has 3 aliphatic rings. The Labute approximate surface area is 196 Å². The summed E-state index contributed by atoms with van der Waals surface area (Å²) < 4.78 is 27.4. The van der Waals surface area contributed by atoms with Crippen molar-refractivity contribution in [1.82, 2.24) is 14.1 Å². The van der Waals surface area contributed by atoms with E-state index in [-0.39, 0.29) is 66.8 Å². The summed E-state index contributed by atoms with van der Waals surface area (Å²) in [5.74, 6) is 0.656. The van der Waals surface area contributed by atoms with E-state index in [4.69, 9.17) is 0 Å². The molecule has 9 heteroatoms. The van der Waals surface area contributed by atoms with Crippen LogP contribution in [-0.2, 0) is 19.6 Å². The number of nitriles is 1. The van der Waals surface area contributed by atoms with Gasteiger partial charge in [-0.15, -0.1) is 0 Å². The Kier molecular flexibility index (Phi) is 6.78. The summed E-state index contributed by atoms with van der Waals surface area (Å²) >= 11 is 0. The molecule has 8 nitrogen and oxygen atoms in total. The first kappa shape index (κ1) is 23.7. The van der Waals surface area contributed by atoms with Crippen LogP contribution in [-0.4, -0.2) is 73.1 Å². The van der Waals surface area contributed by atoms with Crippen LogP contribution in [0.1, 0.15) is 45.1 Å². The third-order valence-electron chi connectivity index (χ3n) is 7.75. The Hall–Kier alpha value is -2.44. The molecule has 2 heterocycles. The highest BCUT2D eigenvalue weighted by atomic mass is 32.2. The van der Waals surface area contributed by atoms with Gasteiger partial charge in [0.2, 0.25) is 21.8 Å². The van der Waals surface area contributed by atoms with E-state index in [1.54, 1.807) is 17.0 Å². The molecule has 1 aliphatic carbocycles. The minimum Gasteiger partial charge on any atom is -0.340 e. The van der Waals surface area contributed by atoms with E-state index in [1.807, 2.05) is 11.0 Å². The predicted molar refractivity (Wildman–Crippen MR) is 122 cm³/mol. The molecule has 33 heavy (non-hydrogen) atoms. The van der Waals surface area contributed by atoms with E-state index < -0.39 is 10.0 Å². The van der Waals surface area contributed by atoms with Gasteiger partial charge in [0.15, 0.2) is 0 Å². The molecule has 1 aromatic rings. The van der Waals surface area contributed by atoms with Gasteiger partial charge in [0.05, 0.1) is 16.4 Å². The smallest absolute Gasteiger partial charge is 0.244 e. The first-order valence-electron chi connectivity index (χ1n) is 11.8. The molecule has 2 amide bonds. The highest BCUT2D eigenvalue weighted by molar-refractivity contribution is 7.89. The lowest BCUT2D eigenvalue weighted by atomic mass is 9.77. The first-order chi connectivity index (χ1) is 15.7. The number of carbonyl (C=O) groups is 2. The van der Waals surface area contributed by atoms with Gasteiger partial charge in [-0.05, 0) is 30.4 Å². The second-order valence-corrected chi connectivity index (χ2v) is 11.5. The van der Waals surface area contributed by atoms with Gasteiger partial charge in [-0.3, -0.25) is 9.59 Å². The molecular formula is C24H32N4O4S. The lowest BCUT2D eigenvalue weighted by molar-refractivity contribution is -0.137. The molecule has 0 bridgehead atoms. The minimum atomic E-state index is -3.81. The van der Waals surface area contributed by atoms with Gasteiger partial charge in [-0.2, -0.15) is 9.57 Å². The number of nitrogens with zero attached hydrogens (tertiary/aromatic N) is 4. The third kappa shape index (κ3) is 4.51. The Morgan fingerprint density at radius 3 is 2.48 bits per heavy atom. The van der Waals surface area contributed by atoms with Gasteiger partial charge >= 0.3 is 0 Å². The second-order valence-electron chi connectivity index (χ2n) is 9.62. The lowest BCUT2D eigenvalue weighted by Gasteiger charge is -2.40. The molecule has 4 rings (SSSR count). The molecule has 0 spiro atoms. The monoisotopic (exact) mass is 472 g/mol. The van der Waals surface area contributed by atoms with E-state index in [2.05, 4.69) is 13.8 Å². The van der Waals surface area contributed by atoms with Crippen LogP contribution in [0.5, 0.6) is 0 Å². The van der Waals surface area contributed by atoms with Crippen LogP contribution in [0.4, 0.5) is 0 Å². The zero-order chi connectivity index (χ0) is 23.8. The number of sulfonamides is 1. The Morgan fingerprint density at radius 2 is 1.79 bits per heavy atom. The molecule has 0 radical (unpaired) electrons. The number of carbonyl (C=O) groups excluding carboxylic acids is 2. The molecule has 178 valence electrons. The first-order valence-corrected chi connectivity index (χ1v) is 13.3. The van der Waals surface area contributed by atoms with Crippen LogP contribution < -0.4 is 0 Å². The van der Waals surface area contributed by atoms with Crippen molar-refractivity contribution < 1.29 is 18.0 Å². The zero-order valence-corrected chi connectivity index (χ0v) is 20.1. The van der Waals surface area contributed by atoms with Crippen molar-refractivity contribution >= 4 is 21.8 Å². The average molecular weight is 473 g/mol. The summed E-state index contributed by atoms with van der Waals surface area (Å²) in [5.41, 5.74) is 0.117. The van der Waals surface area contributed by atoms with Crippen LogP contribution in [0.3, 0.4) is 0 Å². The predicted octanol–water partition coefficient (Wildman–Crippen LogP) is 2.06. The van der Waals surface area contributed by atoms with Gasteiger partial charge in [-0.1, -0.05) is 38.8 Å². The number of hydrogen-bond acceptors (Lipinski definition) is 5. The molecule has 2 aliphatic heterocycles. The topological polar surface area (TPSA) is 102 Å². The number of hydrogen-bond donors (Lipinski definition) is 0. The molecule has 2 saturated heterocycles.